The Balaban J connectivity index is 2.10. The third kappa shape index (κ3) is 3.44. The molecule has 0 saturated carbocycles. The van der Waals surface area contributed by atoms with Crippen molar-refractivity contribution in [1.82, 2.24) is 9.55 Å². The van der Waals surface area contributed by atoms with Crippen LogP contribution in [0.2, 0.25) is 10.0 Å². The van der Waals surface area contributed by atoms with E-state index in [1.807, 2.05) is 12.1 Å². The number of aromatic nitrogens is 2. The van der Waals surface area contributed by atoms with Crippen LogP contribution in [0.4, 0.5) is 0 Å². The lowest BCUT2D eigenvalue weighted by molar-refractivity contribution is 0.703. The predicted molar refractivity (Wildman–Crippen MR) is 102 cm³/mol. The third-order valence-electron chi connectivity index (χ3n) is 4.39. The summed E-state index contributed by atoms with van der Waals surface area (Å²) >= 11 is 12.4. The monoisotopic (exact) mass is 361 g/mol. The van der Waals surface area contributed by atoms with E-state index in [4.69, 9.17) is 33.9 Å². The summed E-state index contributed by atoms with van der Waals surface area (Å²) in [5.74, 6) is 1.05. The molecule has 126 valence electrons. The van der Waals surface area contributed by atoms with Crippen LogP contribution in [0.25, 0.3) is 11.0 Å². The van der Waals surface area contributed by atoms with E-state index >= 15 is 0 Å². The summed E-state index contributed by atoms with van der Waals surface area (Å²) in [6.45, 7) is 5.57. The largest absolute Gasteiger partial charge is 0.330 e. The average molecular weight is 362 g/mol. The van der Waals surface area contributed by atoms with E-state index < -0.39 is 0 Å². The maximum absolute atomic E-state index is 6.37. The van der Waals surface area contributed by atoms with E-state index in [1.165, 1.54) is 11.1 Å². The quantitative estimate of drug-likeness (QED) is 0.702. The topological polar surface area (TPSA) is 43.8 Å². The molecule has 1 heterocycles. The van der Waals surface area contributed by atoms with Gasteiger partial charge >= 0.3 is 0 Å². The Labute approximate surface area is 152 Å². The number of imidazole rings is 1. The fourth-order valence-corrected chi connectivity index (χ4v) is 3.35. The molecule has 0 aliphatic carbocycles. The van der Waals surface area contributed by atoms with Crippen LogP contribution < -0.4 is 5.73 Å². The fraction of sp³-hybridized carbons (Fsp3) is 0.316. The molecule has 0 aliphatic rings. The smallest absolute Gasteiger partial charge is 0.110 e. The Morgan fingerprint density at radius 1 is 1.08 bits per heavy atom. The minimum atomic E-state index is 0.647. The molecule has 3 nitrogen and oxygen atoms in total. The molecule has 5 heteroatoms. The molecule has 3 rings (SSSR count). The summed E-state index contributed by atoms with van der Waals surface area (Å²) in [6, 6.07) is 9.98. The van der Waals surface area contributed by atoms with Gasteiger partial charge in [-0.2, -0.15) is 0 Å². The van der Waals surface area contributed by atoms with E-state index in [1.54, 1.807) is 6.07 Å². The van der Waals surface area contributed by atoms with E-state index in [9.17, 15) is 0 Å². The minimum absolute atomic E-state index is 0.647. The Kier molecular flexibility index (Phi) is 5.14. The van der Waals surface area contributed by atoms with Gasteiger partial charge in [0, 0.05) is 16.5 Å². The van der Waals surface area contributed by atoms with Gasteiger partial charge in [0.05, 0.1) is 17.6 Å². The summed E-state index contributed by atoms with van der Waals surface area (Å²) in [5.41, 5.74) is 11.4. The molecule has 0 radical (unpaired) electrons. The molecule has 0 fully saturated rings. The van der Waals surface area contributed by atoms with Crippen molar-refractivity contribution in [3.05, 3.63) is 62.9 Å². The standard InChI is InChI=1S/C19H21Cl2N3/c1-12-8-17-18(9-13(12)2)24(19(23-17)4-3-7-22)11-14-5-6-15(20)10-16(14)21/h5-6,8-10H,3-4,7,11,22H2,1-2H3. The second-order valence-electron chi connectivity index (χ2n) is 6.17. The van der Waals surface area contributed by atoms with Crippen molar-refractivity contribution < 1.29 is 0 Å². The van der Waals surface area contributed by atoms with Gasteiger partial charge < -0.3 is 10.3 Å². The van der Waals surface area contributed by atoms with Crippen LogP contribution in [-0.2, 0) is 13.0 Å². The predicted octanol–water partition coefficient (Wildman–Crippen LogP) is 4.90. The van der Waals surface area contributed by atoms with E-state index in [0.717, 1.165) is 35.3 Å². The Bertz CT molecular complexity index is 884. The Morgan fingerprint density at radius 2 is 1.83 bits per heavy atom. The Morgan fingerprint density at radius 3 is 2.54 bits per heavy atom. The van der Waals surface area contributed by atoms with Gasteiger partial charge in [0.1, 0.15) is 5.82 Å². The van der Waals surface area contributed by atoms with Gasteiger partial charge in [-0.15, -0.1) is 0 Å². The first kappa shape index (κ1) is 17.3. The highest BCUT2D eigenvalue weighted by Crippen LogP contribution is 2.26. The van der Waals surface area contributed by atoms with Crippen LogP contribution in [-0.4, -0.2) is 16.1 Å². The van der Waals surface area contributed by atoms with Crippen molar-refractivity contribution >= 4 is 34.2 Å². The molecular formula is C19H21Cl2N3. The summed E-state index contributed by atoms with van der Waals surface area (Å²) in [7, 11) is 0. The molecule has 0 atom stereocenters. The van der Waals surface area contributed by atoms with Gasteiger partial charge in [-0.05, 0) is 67.8 Å². The van der Waals surface area contributed by atoms with Gasteiger partial charge in [-0.25, -0.2) is 4.98 Å². The number of halogens is 2. The molecular weight excluding hydrogens is 341 g/mol. The van der Waals surface area contributed by atoms with Gasteiger partial charge in [0.2, 0.25) is 0 Å². The molecule has 0 bridgehead atoms. The van der Waals surface area contributed by atoms with E-state index in [2.05, 4.69) is 30.5 Å². The summed E-state index contributed by atoms with van der Waals surface area (Å²) in [4.78, 5) is 4.83. The molecule has 0 aliphatic heterocycles. The molecule has 2 N–H and O–H groups in total. The molecule has 2 aromatic carbocycles. The normalized spacial score (nSPS) is 11.4. The summed E-state index contributed by atoms with van der Waals surface area (Å²) in [6.07, 6.45) is 1.77. The van der Waals surface area contributed by atoms with Crippen molar-refractivity contribution in [3.63, 3.8) is 0 Å². The number of rotatable bonds is 5. The maximum atomic E-state index is 6.37. The fourth-order valence-electron chi connectivity index (χ4n) is 2.88. The van der Waals surface area contributed by atoms with Crippen molar-refractivity contribution in [2.24, 2.45) is 5.73 Å². The van der Waals surface area contributed by atoms with Crippen LogP contribution in [0.15, 0.2) is 30.3 Å². The van der Waals surface area contributed by atoms with E-state index in [0.29, 0.717) is 23.1 Å². The highest BCUT2D eigenvalue weighted by molar-refractivity contribution is 6.35. The van der Waals surface area contributed by atoms with Crippen molar-refractivity contribution in [2.75, 3.05) is 6.54 Å². The molecule has 24 heavy (non-hydrogen) atoms. The van der Waals surface area contributed by atoms with Crippen molar-refractivity contribution in [3.8, 4) is 0 Å². The van der Waals surface area contributed by atoms with E-state index in [-0.39, 0.29) is 0 Å². The van der Waals surface area contributed by atoms with Crippen LogP contribution >= 0.6 is 23.2 Å². The number of aryl methyl sites for hydroxylation is 3. The zero-order valence-corrected chi connectivity index (χ0v) is 15.5. The number of hydrogen-bond acceptors (Lipinski definition) is 2. The first-order valence-corrected chi connectivity index (χ1v) is 8.85. The SMILES string of the molecule is Cc1cc2nc(CCCN)n(Cc3ccc(Cl)cc3Cl)c2cc1C. The highest BCUT2D eigenvalue weighted by atomic mass is 35.5. The second-order valence-corrected chi connectivity index (χ2v) is 7.01. The lowest BCUT2D eigenvalue weighted by atomic mass is 10.1. The van der Waals surface area contributed by atoms with Crippen LogP contribution in [0.1, 0.15) is 28.9 Å². The van der Waals surface area contributed by atoms with Gasteiger partial charge in [0.15, 0.2) is 0 Å². The van der Waals surface area contributed by atoms with Gasteiger partial charge in [-0.3, -0.25) is 0 Å². The lowest BCUT2D eigenvalue weighted by Crippen LogP contribution is -2.08. The molecule has 0 saturated heterocycles. The van der Waals surface area contributed by atoms with Crippen LogP contribution in [0.5, 0.6) is 0 Å². The molecule has 3 aromatic rings. The third-order valence-corrected chi connectivity index (χ3v) is 4.98. The average Bonchev–Trinajstić information content (AvgIpc) is 2.85. The number of nitrogens with zero attached hydrogens (tertiary/aromatic N) is 2. The number of fused-ring (bicyclic) bond motifs is 1. The first-order valence-electron chi connectivity index (χ1n) is 8.10. The molecule has 0 unspecified atom stereocenters. The summed E-state index contributed by atoms with van der Waals surface area (Å²) in [5, 5.41) is 1.33. The lowest BCUT2D eigenvalue weighted by Gasteiger charge is -2.11. The Hall–Kier alpha value is -1.55. The zero-order valence-electron chi connectivity index (χ0n) is 13.9. The van der Waals surface area contributed by atoms with Crippen LogP contribution in [0, 0.1) is 13.8 Å². The molecule has 0 amide bonds. The number of hydrogen-bond donors (Lipinski definition) is 1. The molecule has 1 aromatic heterocycles. The van der Waals surface area contributed by atoms with Crippen molar-refractivity contribution in [2.45, 2.75) is 33.2 Å². The number of benzene rings is 2. The van der Waals surface area contributed by atoms with Gasteiger partial charge in [-0.1, -0.05) is 29.3 Å². The summed E-state index contributed by atoms with van der Waals surface area (Å²) < 4.78 is 2.24. The minimum Gasteiger partial charge on any atom is -0.330 e. The van der Waals surface area contributed by atoms with Crippen molar-refractivity contribution in [1.29, 1.82) is 0 Å². The molecule has 0 spiro atoms. The van der Waals surface area contributed by atoms with Crippen LogP contribution in [0.3, 0.4) is 0 Å². The maximum Gasteiger partial charge on any atom is 0.110 e. The number of nitrogens with two attached hydrogens (primary N) is 1. The van der Waals surface area contributed by atoms with Gasteiger partial charge in [0.25, 0.3) is 0 Å². The second kappa shape index (κ2) is 7.14. The zero-order chi connectivity index (χ0) is 17.3. The highest BCUT2D eigenvalue weighted by Gasteiger charge is 2.13. The first-order chi connectivity index (χ1) is 11.5.